The number of nitrogens with one attached hydrogen (secondary N) is 2. The van der Waals surface area contributed by atoms with E-state index in [0.29, 0.717) is 12.5 Å². The first-order chi connectivity index (χ1) is 12.7. The summed E-state index contributed by atoms with van der Waals surface area (Å²) >= 11 is 0. The first-order valence-corrected chi connectivity index (χ1v) is 9.54. The Hall–Kier alpha value is -1.95. The molecule has 1 aliphatic heterocycles. The number of rotatable bonds is 8. The Morgan fingerprint density at radius 1 is 1.12 bits per heavy atom. The minimum Gasteiger partial charge on any atom is -0.493 e. The van der Waals surface area contributed by atoms with Crippen LogP contribution >= 0.6 is 0 Å². The summed E-state index contributed by atoms with van der Waals surface area (Å²) < 4.78 is 10.6. The van der Waals surface area contributed by atoms with Gasteiger partial charge in [-0.3, -0.25) is 4.99 Å². The maximum Gasteiger partial charge on any atom is 0.191 e. The van der Waals surface area contributed by atoms with Crippen molar-refractivity contribution in [3.05, 3.63) is 23.8 Å². The second-order valence-electron chi connectivity index (χ2n) is 6.96. The van der Waals surface area contributed by atoms with Gasteiger partial charge in [0.15, 0.2) is 17.5 Å². The molecular weight excluding hydrogens is 328 g/mol. The van der Waals surface area contributed by atoms with Crippen LogP contribution in [0.1, 0.15) is 31.7 Å². The first kappa shape index (κ1) is 20.4. The molecule has 0 bridgehead atoms. The molecule has 2 N–H and O–H groups in total. The van der Waals surface area contributed by atoms with Gasteiger partial charge in [-0.2, -0.15) is 0 Å². The highest BCUT2D eigenvalue weighted by atomic mass is 16.5. The van der Waals surface area contributed by atoms with E-state index >= 15 is 0 Å². The molecule has 6 heteroatoms. The molecule has 2 rings (SSSR count). The predicted molar refractivity (Wildman–Crippen MR) is 107 cm³/mol. The smallest absolute Gasteiger partial charge is 0.191 e. The Labute approximate surface area is 158 Å². The Morgan fingerprint density at radius 2 is 1.85 bits per heavy atom. The lowest BCUT2D eigenvalue weighted by Gasteiger charge is -2.29. The maximum atomic E-state index is 5.36. The lowest BCUT2D eigenvalue weighted by Crippen LogP contribution is -2.42. The number of methoxy groups -OCH3 is 2. The van der Waals surface area contributed by atoms with Crippen LogP contribution in [0.15, 0.2) is 23.2 Å². The van der Waals surface area contributed by atoms with Crippen LogP contribution in [0.4, 0.5) is 0 Å². The van der Waals surface area contributed by atoms with E-state index in [1.807, 2.05) is 18.2 Å². The molecule has 146 valence electrons. The fourth-order valence-electron chi connectivity index (χ4n) is 3.32. The SMILES string of the molecule is CN=C(NCc1ccc(OC)c(OC)c1)NCC(C)CN1CCCCC1. The van der Waals surface area contributed by atoms with Crippen molar-refractivity contribution in [1.82, 2.24) is 15.5 Å². The highest BCUT2D eigenvalue weighted by Crippen LogP contribution is 2.27. The zero-order valence-electron chi connectivity index (χ0n) is 16.7. The third-order valence-corrected chi connectivity index (χ3v) is 4.77. The zero-order chi connectivity index (χ0) is 18.8. The molecule has 0 aromatic heterocycles. The van der Waals surface area contributed by atoms with Gasteiger partial charge in [-0.1, -0.05) is 19.4 Å². The fraction of sp³-hybridized carbons (Fsp3) is 0.650. The second kappa shape index (κ2) is 10.9. The molecule has 1 heterocycles. The van der Waals surface area contributed by atoms with Gasteiger partial charge in [0, 0.05) is 26.7 Å². The molecule has 0 saturated carbocycles. The lowest BCUT2D eigenvalue weighted by molar-refractivity contribution is 0.201. The van der Waals surface area contributed by atoms with Crippen LogP contribution in [0.25, 0.3) is 0 Å². The number of guanidine groups is 1. The number of piperidine rings is 1. The quantitative estimate of drug-likeness (QED) is 0.550. The molecule has 0 amide bonds. The second-order valence-corrected chi connectivity index (χ2v) is 6.96. The average Bonchev–Trinajstić information content (AvgIpc) is 2.68. The minimum absolute atomic E-state index is 0.590. The van der Waals surface area contributed by atoms with Gasteiger partial charge in [-0.15, -0.1) is 0 Å². The van der Waals surface area contributed by atoms with E-state index < -0.39 is 0 Å². The van der Waals surface area contributed by atoms with Gasteiger partial charge in [-0.25, -0.2) is 0 Å². The van der Waals surface area contributed by atoms with Crippen LogP contribution in [0.2, 0.25) is 0 Å². The van der Waals surface area contributed by atoms with E-state index in [2.05, 4.69) is 27.4 Å². The summed E-state index contributed by atoms with van der Waals surface area (Å²) in [7, 11) is 5.10. The molecule has 1 aromatic rings. The number of likely N-dealkylation sites (tertiary alicyclic amines) is 1. The van der Waals surface area contributed by atoms with Gasteiger partial charge in [0.05, 0.1) is 14.2 Å². The summed E-state index contributed by atoms with van der Waals surface area (Å²) in [5, 5.41) is 6.80. The third kappa shape index (κ3) is 6.41. The molecule has 0 aliphatic carbocycles. The molecular formula is C20H34N4O2. The molecule has 1 saturated heterocycles. The van der Waals surface area contributed by atoms with E-state index in [0.717, 1.165) is 36.1 Å². The van der Waals surface area contributed by atoms with E-state index in [1.165, 1.54) is 32.4 Å². The molecule has 26 heavy (non-hydrogen) atoms. The number of aliphatic imine (C=N–C) groups is 1. The summed E-state index contributed by atoms with van der Waals surface area (Å²) in [5.74, 6) is 2.90. The summed E-state index contributed by atoms with van der Waals surface area (Å²) in [4.78, 5) is 6.90. The first-order valence-electron chi connectivity index (χ1n) is 9.54. The monoisotopic (exact) mass is 362 g/mol. The highest BCUT2D eigenvalue weighted by molar-refractivity contribution is 5.79. The van der Waals surface area contributed by atoms with E-state index in [1.54, 1.807) is 21.3 Å². The largest absolute Gasteiger partial charge is 0.493 e. The number of ether oxygens (including phenoxy) is 2. The predicted octanol–water partition coefficient (Wildman–Crippen LogP) is 2.49. The summed E-state index contributed by atoms with van der Waals surface area (Å²) in [6.07, 6.45) is 4.07. The zero-order valence-corrected chi connectivity index (χ0v) is 16.7. The Kier molecular flexibility index (Phi) is 8.54. The van der Waals surface area contributed by atoms with Crippen LogP contribution in [-0.4, -0.2) is 58.3 Å². The van der Waals surface area contributed by atoms with Gasteiger partial charge in [0.1, 0.15) is 0 Å². The van der Waals surface area contributed by atoms with Gasteiger partial charge >= 0.3 is 0 Å². The van der Waals surface area contributed by atoms with Crippen molar-refractivity contribution in [2.45, 2.75) is 32.7 Å². The van der Waals surface area contributed by atoms with Crippen molar-refractivity contribution in [2.75, 3.05) is 47.4 Å². The molecule has 1 unspecified atom stereocenters. The van der Waals surface area contributed by atoms with Crippen LogP contribution in [0, 0.1) is 5.92 Å². The Bertz CT molecular complexity index is 571. The molecule has 1 aromatic carbocycles. The van der Waals surface area contributed by atoms with Crippen molar-refractivity contribution in [3.63, 3.8) is 0 Å². The lowest BCUT2D eigenvalue weighted by atomic mass is 10.1. The average molecular weight is 363 g/mol. The van der Waals surface area contributed by atoms with Gasteiger partial charge < -0.3 is 25.0 Å². The summed E-state index contributed by atoms with van der Waals surface area (Å²) in [6.45, 7) is 7.54. The van der Waals surface area contributed by atoms with Crippen LogP contribution < -0.4 is 20.1 Å². The standard InChI is InChI=1S/C20H34N4O2/c1-16(15-24-10-6-5-7-11-24)13-22-20(21-2)23-14-17-8-9-18(25-3)19(12-17)26-4/h8-9,12,16H,5-7,10-11,13-15H2,1-4H3,(H2,21,22,23). The van der Waals surface area contributed by atoms with E-state index in [9.17, 15) is 0 Å². The van der Waals surface area contributed by atoms with Crippen molar-refractivity contribution >= 4 is 5.96 Å². The summed E-state index contributed by atoms with van der Waals surface area (Å²) in [6, 6.07) is 5.94. The van der Waals surface area contributed by atoms with Gasteiger partial charge in [0.2, 0.25) is 0 Å². The summed E-state index contributed by atoms with van der Waals surface area (Å²) in [5.41, 5.74) is 1.12. The number of nitrogens with zero attached hydrogens (tertiary/aromatic N) is 2. The van der Waals surface area contributed by atoms with Crippen molar-refractivity contribution in [2.24, 2.45) is 10.9 Å². The maximum absolute atomic E-state index is 5.36. The topological polar surface area (TPSA) is 58.1 Å². The van der Waals surface area contributed by atoms with E-state index in [-0.39, 0.29) is 0 Å². The van der Waals surface area contributed by atoms with Crippen molar-refractivity contribution in [3.8, 4) is 11.5 Å². The number of hydrogen-bond acceptors (Lipinski definition) is 4. The fourth-order valence-corrected chi connectivity index (χ4v) is 3.32. The van der Waals surface area contributed by atoms with E-state index in [4.69, 9.17) is 9.47 Å². The van der Waals surface area contributed by atoms with Crippen molar-refractivity contribution in [1.29, 1.82) is 0 Å². The molecule has 1 fully saturated rings. The van der Waals surface area contributed by atoms with Gasteiger partial charge in [-0.05, 0) is 49.5 Å². The number of hydrogen-bond donors (Lipinski definition) is 2. The van der Waals surface area contributed by atoms with Crippen molar-refractivity contribution < 1.29 is 9.47 Å². The van der Waals surface area contributed by atoms with Crippen LogP contribution in [0.5, 0.6) is 11.5 Å². The molecule has 6 nitrogen and oxygen atoms in total. The van der Waals surface area contributed by atoms with Crippen LogP contribution in [-0.2, 0) is 6.54 Å². The van der Waals surface area contributed by atoms with Crippen LogP contribution in [0.3, 0.4) is 0 Å². The molecule has 1 atom stereocenters. The number of benzene rings is 1. The minimum atomic E-state index is 0.590. The third-order valence-electron chi connectivity index (χ3n) is 4.77. The molecule has 0 radical (unpaired) electrons. The normalized spacial score (nSPS) is 16.8. The highest BCUT2D eigenvalue weighted by Gasteiger charge is 2.13. The van der Waals surface area contributed by atoms with Gasteiger partial charge in [0.25, 0.3) is 0 Å². The Morgan fingerprint density at radius 3 is 2.50 bits per heavy atom. The molecule has 0 spiro atoms. The molecule has 1 aliphatic rings. The Balaban J connectivity index is 1.76.